The van der Waals surface area contributed by atoms with E-state index in [0.717, 1.165) is 4.47 Å². The number of sulfonamides is 1. The Morgan fingerprint density at radius 1 is 1.05 bits per heavy atom. The lowest BCUT2D eigenvalue weighted by atomic mass is 10.2. The zero-order valence-electron chi connectivity index (χ0n) is 10.2. The van der Waals surface area contributed by atoms with Crippen LogP contribution in [0.25, 0.3) is 0 Å². The first kappa shape index (κ1) is 15.5. The monoisotopic (exact) mass is 419 g/mol. The van der Waals surface area contributed by atoms with Gasteiger partial charge in [-0.05, 0) is 51.8 Å². The molecule has 20 heavy (non-hydrogen) atoms. The second-order valence-corrected chi connectivity index (χ2v) is 7.48. The van der Waals surface area contributed by atoms with Gasteiger partial charge in [0.2, 0.25) is 0 Å². The van der Waals surface area contributed by atoms with Crippen LogP contribution in [-0.4, -0.2) is 13.5 Å². The molecule has 0 fully saturated rings. The fraction of sp³-hybridized carbons (Fsp3) is 0.0769. The largest absolute Gasteiger partial charge is 0.392 e. The van der Waals surface area contributed by atoms with Gasteiger partial charge in [0.05, 0.1) is 17.2 Å². The molecule has 0 unspecified atom stereocenters. The molecular formula is C13H11Br2NO3S. The fourth-order valence-corrected chi connectivity index (χ4v) is 3.46. The van der Waals surface area contributed by atoms with Crippen molar-refractivity contribution >= 4 is 47.6 Å². The molecule has 0 spiro atoms. The predicted molar refractivity (Wildman–Crippen MR) is 85.0 cm³/mol. The molecular weight excluding hydrogens is 410 g/mol. The molecule has 0 aliphatic heterocycles. The normalized spacial score (nSPS) is 11.3. The molecule has 0 saturated carbocycles. The summed E-state index contributed by atoms with van der Waals surface area (Å²) in [7, 11) is -3.66. The van der Waals surface area contributed by atoms with Crippen molar-refractivity contribution in [1.82, 2.24) is 0 Å². The highest BCUT2D eigenvalue weighted by atomic mass is 79.9. The third-order valence-corrected chi connectivity index (χ3v) is 5.16. The molecule has 2 rings (SSSR count). The van der Waals surface area contributed by atoms with Crippen LogP contribution in [0.2, 0.25) is 0 Å². The maximum Gasteiger partial charge on any atom is 0.261 e. The maximum atomic E-state index is 12.3. The van der Waals surface area contributed by atoms with Gasteiger partial charge < -0.3 is 5.11 Å². The predicted octanol–water partition coefficient (Wildman–Crippen LogP) is 3.50. The smallest absolute Gasteiger partial charge is 0.261 e. The Bertz CT molecular complexity index is 715. The molecule has 0 saturated heterocycles. The van der Waals surface area contributed by atoms with Gasteiger partial charge in [-0.3, -0.25) is 4.72 Å². The van der Waals surface area contributed by atoms with Crippen molar-refractivity contribution in [2.24, 2.45) is 0 Å². The van der Waals surface area contributed by atoms with Crippen LogP contribution in [0.15, 0.2) is 56.3 Å². The van der Waals surface area contributed by atoms with E-state index in [1.54, 1.807) is 30.3 Å². The van der Waals surface area contributed by atoms with Crippen LogP contribution in [0, 0.1) is 0 Å². The van der Waals surface area contributed by atoms with E-state index in [0.29, 0.717) is 15.7 Å². The van der Waals surface area contributed by atoms with Crippen molar-refractivity contribution in [3.8, 4) is 0 Å². The Kier molecular flexibility index (Phi) is 4.85. The van der Waals surface area contributed by atoms with Crippen molar-refractivity contribution in [2.45, 2.75) is 11.5 Å². The van der Waals surface area contributed by atoms with Gasteiger partial charge in [-0.25, -0.2) is 8.42 Å². The molecule has 0 heterocycles. The van der Waals surface area contributed by atoms with Gasteiger partial charge in [0.15, 0.2) is 0 Å². The average molecular weight is 421 g/mol. The Morgan fingerprint density at radius 3 is 2.30 bits per heavy atom. The van der Waals surface area contributed by atoms with Gasteiger partial charge in [-0.15, -0.1) is 0 Å². The van der Waals surface area contributed by atoms with E-state index < -0.39 is 10.0 Å². The van der Waals surface area contributed by atoms with Crippen LogP contribution in [0.3, 0.4) is 0 Å². The molecule has 0 bridgehead atoms. The van der Waals surface area contributed by atoms with Crippen molar-refractivity contribution in [1.29, 1.82) is 0 Å². The average Bonchev–Trinajstić information content (AvgIpc) is 2.43. The van der Waals surface area contributed by atoms with E-state index in [-0.39, 0.29) is 11.5 Å². The van der Waals surface area contributed by atoms with Gasteiger partial charge in [0.1, 0.15) is 0 Å². The Morgan fingerprint density at radius 2 is 1.70 bits per heavy atom. The molecule has 2 N–H and O–H groups in total. The lowest BCUT2D eigenvalue weighted by Gasteiger charge is -2.10. The van der Waals surface area contributed by atoms with Crippen LogP contribution >= 0.6 is 31.9 Å². The van der Waals surface area contributed by atoms with Crippen molar-refractivity contribution in [3.63, 3.8) is 0 Å². The summed E-state index contributed by atoms with van der Waals surface area (Å²) in [5.41, 5.74) is 1.11. The molecule has 0 aliphatic carbocycles. The number of hydrogen-bond acceptors (Lipinski definition) is 3. The molecule has 2 aromatic rings. The summed E-state index contributed by atoms with van der Waals surface area (Å²) in [6.07, 6.45) is 0. The van der Waals surface area contributed by atoms with Gasteiger partial charge in [0, 0.05) is 8.95 Å². The number of hydrogen-bond donors (Lipinski definition) is 2. The quantitative estimate of drug-likeness (QED) is 0.795. The Labute approximate surface area is 134 Å². The lowest BCUT2D eigenvalue weighted by molar-refractivity contribution is 0.282. The second kappa shape index (κ2) is 6.26. The highest BCUT2D eigenvalue weighted by molar-refractivity contribution is 9.11. The maximum absolute atomic E-state index is 12.3. The summed E-state index contributed by atoms with van der Waals surface area (Å²) in [5, 5.41) is 8.96. The number of benzene rings is 2. The van der Waals surface area contributed by atoms with Gasteiger partial charge >= 0.3 is 0 Å². The van der Waals surface area contributed by atoms with Crippen LogP contribution in [0.4, 0.5) is 5.69 Å². The molecule has 7 heteroatoms. The first-order valence-electron chi connectivity index (χ1n) is 5.60. The number of rotatable bonds is 4. The summed E-state index contributed by atoms with van der Waals surface area (Å²) >= 11 is 6.59. The van der Waals surface area contributed by atoms with Crippen molar-refractivity contribution in [3.05, 3.63) is 57.0 Å². The van der Waals surface area contributed by atoms with Crippen LogP contribution in [0.5, 0.6) is 0 Å². The first-order valence-corrected chi connectivity index (χ1v) is 8.67. The zero-order valence-corrected chi connectivity index (χ0v) is 14.2. The Balaban J connectivity index is 2.32. The van der Waals surface area contributed by atoms with Crippen LogP contribution in [0.1, 0.15) is 5.56 Å². The van der Waals surface area contributed by atoms with E-state index in [9.17, 15) is 8.42 Å². The van der Waals surface area contributed by atoms with Crippen molar-refractivity contribution in [2.75, 3.05) is 4.72 Å². The minimum atomic E-state index is -3.66. The Hall–Kier alpha value is -0.890. The molecule has 0 radical (unpaired) electrons. The number of aliphatic hydroxyl groups is 1. The molecule has 0 atom stereocenters. The third-order valence-electron chi connectivity index (χ3n) is 2.59. The van der Waals surface area contributed by atoms with E-state index in [1.165, 1.54) is 12.1 Å². The second-order valence-electron chi connectivity index (χ2n) is 4.03. The van der Waals surface area contributed by atoms with E-state index in [2.05, 4.69) is 36.6 Å². The van der Waals surface area contributed by atoms with Gasteiger partial charge in [-0.2, -0.15) is 0 Å². The molecule has 0 amide bonds. The summed E-state index contributed by atoms with van der Waals surface area (Å²) in [6.45, 7) is -0.120. The summed E-state index contributed by atoms with van der Waals surface area (Å²) in [4.78, 5) is 0.140. The number of aliphatic hydroxyl groups excluding tert-OH is 1. The third kappa shape index (κ3) is 3.60. The number of nitrogens with one attached hydrogen (secondary N) is 1. The standard InChI is InChI=1S/C13H11Br2NO3S/c14-10-3-6-12(15)13(7-10)16-20(18,19)11-4-1-9(8-17)2-5-11/h1-7,16-17H,8H2. The van der Waals surface area contributed by atoms with Gasteiger partial charge in [-0.1, -0.05) is 28.1 Å². The lowest BCUT2D eigenvalue weighted by Crippen LogP contribution is -2.13. The van der Waals surface area contributed by atoms with Crippen molar-refractivity contribution < 1.29 is 13.5 Å². The van der Waals surface area contributed by atoms with E-state index >= 15 is 0 Å². The molecule has 2 aromatic carbocycles. The molecule has 0 aliphatic rings. The summed E-state index contributed by atoms with van der Waals surface area (Å²) < 4.78 is 28.4. The number of halogens is 2. The minimum absolute atomic E-state index is 0.120. The topological polar surface area (TPSA) is 66.4 Å². The van der Waals surface area contributed by atoms with Crippen LogP contribution < -0.4 is 4.72 Å². The SMILES string of the molecule is O=S(=O)(Nc1cc(Br)ccc1Br)c1ccc(CO)cc1. The first-order chi connectivity index (χ1) is 9.42. The molecule has 0 aromatic heterocycles. The molecule has 4 nitrogen and oxygen atoms in total. The summed E-state index contributed by atoms with van der Waals surface area (Å²) in [6, 6.07) is 11.3. The summed E-state index contributed by atoms with van der Waals surface area (Å²) in [5.74, 6) is 0. The zero-order chi connectivity index (χ0) is 14.8. The fourth-order valence-electron chi connectivity index (χ4n) is 1.55. The van der Waals surface area contributed by atoms with Gasteiger partial charge in [0.25, 0.3) is 10.0 Å². The van der Waals surface area contributed by atoms with E-state index in [4.69, 9.17) is 5.11 Å². The highest BCUT2D eigenvalue weighted by Crippen LogP contribution is 2.28. The van der Waals surface area contributed by atoms with Crippen LogP contribution in [-0.2, 0) is 16.6 Å². The minimum Gasteiger partial charge on any atom is -0.392 e. The highest BCUT2D eigenvalue weighted by Gasteiger charge is 2.15. The van der Waals surface area contributed by atoms with E-state index in [1.807, 2.05) is 0 Å². The number of anilines is 1. The molecule has 106 valence electrons.